The van der Waals surface area contributed by atoms with E-state index in [0.29, 0.717) is 19.7 Å². The van der Waals surface area contributed by atoms with Crippen LogP contribution in [0.2, 0.25) is 0 Å². The minimum atomic E-state index is -3.48. The number of rotatable bonds is 7. The van der Waals surface area contributed by atoms with Gasteiger partial charge in [-0.1, -0.05) is 11.8 Å². The number of nitrogens with one attached hydrogen (secondary N) is 1. The highest BCUT2D eigenvalue weighted by Crippen LogP contribution is 2.16. The van der Waals surface area contributed by atoms with Crippen LogP contribution in [0.4, 0.5) is 0 Å². The summed E-state index contributed by atoms with van der Waals surface area (Å²) in [4.78, 5) is 0.922. The SMILES string of the molecule is COCCNS(=O)(=O)N(C)Cc1cc(C#CCN)cs1. The zero-order valence-electron chi connectivity index (χ0n) is 11.5. The van der Waals surface area contributed by atoms with Gasteiger partial charge in [0.05, 0.1) is 13.2 Å². The summed E-state index contributed by atoms with van der Waals surface area (Å²) >= 11 is 1.47. The molecule has 0 aliphatic heterocycles. The molecule has 0 aromatic carbocycles. The number of ether oxygens (including phenoxy) is 1. The molecule has 0 saturated heterocycles. The van der Waals surface area contributed by atoms with Crippen LogP contribution < -0.4 is 10.5 Å². The summed E-state index contributed by atoms with van der Waals surface area (Å²) in [6.45, 7) is 1.20. The van der Waals surface area contributed by atoms with E-state index in [1.807, 2.05) is 11.4 Å². The third-order valence-corrected chi connectivity index (χ3v) is 4.81. The second-order valence-corrected chi connectivity index (χ2v) is 6.81. The average molecular weight is 317 g/mol. The van der Waals surface area contributed by atoms with E-state index >= 15 is 0 Å². The molecule has 0 aliphatic carbocycles. The summed E-state index contributed by atoms with van der Waals surface area (Å²) in [7, 11) is -0.435. The highest BCUT2D eigenvalue weighted by atomic mass is 32.2. The summed E-state index contributed by atoms with van der Waals surface area (Å²) in [5.41, 5.74) is 6.16. The molecule has 8 heteroatoms. The van der Waals surface area contributed by atoms with Crippen molar-refractivity contribution in [1.82, 2.24) is 9.03 Å². The third-order valence-electron chi connectivity index (χ3n) is 2.37. The Morgan fingerprint density at radius 2 is 2.30 bits per heavy atom. The Bertz CT molecular complexity index is 572. The Labute approximate surface area is 124 Å². The Morgan fingerprint density at radius 1 is 1.55 bits per heavy atom. The van der Waals surface area contributed by atoms with Crippen molar-refractivity contribution in [1.29, 1.82) is 0 Å². The molecule has 0 atom stereocenters. The van der Waals surface area contributed by atoms with Gasteiger partial charge in [0.15, 0.2) is 0 Å². The predicted octanol–water partition coefficient (Wildman–Crippen LogP) is -0.0291. The van der Waals surface area contributed by atoms with Crippen molar-refractivity contribution in [3.8, 4) is 11.8 Å². The van der Waals surface area contributed by atoms with Crippen LogP contribution in [0.1, 0.15) is 10.4 Å². The molecule has 0 aliphatic rings. The standard InChI is InChI=1S/C12H19N3O3S2/c1-15(20(16,17)14-6-7-18-2)9-12-8-11(10-19-12)4-3-5-13/h8,10,14H,5-7,9,13H2,1-2H3. The second-order valence-electron chi connectivity index (χ2n) is 3.96. The fraction of sp³-hybridized carbons (Fsp3) is 0.500. The fourth-order valence-electron chi connectivity index (χ4n) is 1.37. The van der Waals surface area contributed by atoms with Gasteiger partial charge in [0.25, 0.3) is 10.2 Å². The lowest BCUT2D eigenvalue weighted by Gasteiger charge is -2.16. The predicted molar refractivity (Wildman–Crippen MR) is 80.5 cm³/mol. The van der Waals surface area contributed by atoms with Gasteiger partial charge in [0.2, 0.25) is 0 Å². The molecule has 6 nitrogen and oxygen atoms in total. The summed E-state index contributed by atoms with van der Waals surface area (Å²) in [5.74, 6) is 5.68. The normalized spacial score (nSPS) is 11.4. The molecule has 3 N–H and O–H groups in total. The van der Waals surface area contributed by atoms with E-state index in [2.05, 4.69) is 16.6 Å². The van der Waals surface area contributed by atoms with Crippen LogP contribution in [-0.2, 0) is 21.5 Å². The monoisotopic (exact) mass is 317 g/mol. The van der Waals surface area contributed by atoms with E-state index in [4.69, 9.17) is 10.5 Å². The lowest BCUT2D eigenvalue weighted by molar-refractivity contribution is 0.204. The third kappa shape index (κ3) is 5.58. The minimum absolute atomic E-state index is 0.251. The first-order chi connectivity index (χ1) is 9.49. The van der Waals surface area contributed by atoms with Crippen molar-refractivity contribution in [3.05, 3.63) is 21.9 Å². The minimum Gasteiger partial charge on any atom is -0.383 e. The van der Waals surface area contributed by atoms with E-state index < -0.39 is 10.2 Å². The van der Waals surface area contributed by atoms with Crippen molar-refractivity contribution in [2.45, 2.75) is 6.54 Å². The highest BCUT2D eigenvalue weighted by Gasteiger charge is 2.17. The van der Waals surface area contributed by atoms with E-state index in [1.54, 1.807) is 0 Å². The molecule has 0 amide bonds. The van der Waals surface area contributed by atoms with E-state index in [9.17, 15) is 8.42 Å². The quantitative estimate of drug-likeness (QED) is 0.546. The van der Waals surface area contributed by atoms with Crippen molar-refractivity contribution >= 4 is 21.5 Å². The van der Waals surface area contributed by atoms with Gasteiger partial charge in [-0.25, -0.2) is 0 Å². The number of hydrogen-bond donors (Lipinski definition) is 2. The van der Waals surface area contributed by atoms with Gasteiger partial charge < -0.3 is 10.5 Å². The van der Waals surface area contributed by atoms with Gasteiger partial charge in [-0.05, 0) is 6.07 Å². The van der Waals surface area contributed by atoms with Crippen LogP contribution in [0.3, 0.4) is 0 Å². The topological polar surface area (TPSA) is 84.7 Å². The molecule has 20 heavy (non-hydrogen) atoms. The Balaban J connectivity index is 2.60. The van der Waals surface area contributed by atoms with Crippen molar-refractivity contribution in [2.75, 3.05) is 33.9 Å². The summed E-state index contributed by atoms with van der Waals surface area (Å²) < 4.78 is 32.3. The molecule has 1 heterocycles. The molecule has 0 bridgehead atoms. The van der Waals surface area contributed by atoms with Crippen LogP contribution in [0.25, 0.3) is 0 Å². The number of nitrogens with two attached hydrogens (primary N) is 1. The van der Waals surface area contributed by atoms with Gasteiger partial charge in [0.1, 0.15) is 0 Å². The van der Waals surface area contributed by atoms with Gasteiger partial charge in [0, 0.05) is 43.1 Å². The maximum Gasteiger partial charge on any atom is 0.279 e. The summed E-state index contributed by atoms with van der Waals surface area (Å²) in [6.07, 6.45) is 0. The molecule has 1 aromatic rings. The van der Waals surface area contributed by atoms with Crippen molar-refractivity contribution < 1.29 is 13.2 Å². The molecule has 0 radical (unpaired) electrons. The van der Waals surface area contributed by atoms with Crippen LogP contribution in [0.15, 0.2) is 11.4 Å². The zero-order valence-corrected chi connectivity index (χ0v) is 13.2. The number of hydrogen-bond acceptors (Lipinski definition) is 5. The average Bonchev–Trinajstić information content (AvgIpc) is 2.84. The molecule has 0 fully saturated rings. The van der Waals surface area contributed by atoms with Crippen molar-refractivity contribution in [3.63, 3.8) is 0 Å². The molecule has 1 aromatic heterocycles. The summed E-state index contributed by atoms with van der Waals surface area (Å²) in [6, 6.07) is 1.87. The number of methoxy groups -OCH3 is 1. The molecule has 1 rings (SSSR count). The second kappa shape index (κ2) is 8.36. The molecular formula is C12H19N3O3S2. The first-order valence-corrected chi connectivity index (χ1v) is 8.27. The van der Waals surface area contributed by atoms with Gasteiger partial charge in [-0.15, -0.1) is 11.3 Å². The zero-order chi connectivity index (χ0) is 15.0. The molecule has 0 saturated carbocycles. The first kappa shape index (κ1) is 17.1. The van der Waals surface area contributed by atoms with Crippen LogP contribution in [-0.4, -0.2) is 46.6 Å². The van der Waals surface area contributed by atoms with Gasteiger partial charge in [-0.2, -0.15) is 17.4 Å². The fourth-order valence-corrected chi connectivity index (χ4v) is 3.19. The maximum absolute atomic E-state index is 11.9. The Hall–Kier alpha value is -0.950. The molecular weight excluding hydrogens is 298 g/mol. The largest absolute Gasteiger partial charge is 0.383 e. The lowest BCUT2D eigenvalue weighted by atomic mass is 10.3. The first-order valence-electron chi connectivity index (χ1n) is 5.96. The van der Waals surface area contributed by atoms with E-state index in [0.717, 1.165) is 10.4 Å². The van der Waals surface area contributed by atoms with Crippen LogP contribution >= 0.6 is 11.3 Å². The van der Waals surface area contributed by atoms with Gasteiger partial charge in [-0.3, -0.25) is 0 Å². The van der Waals surface area contributed by atoms with E-state index in [-0.39, 0.29) is 6.54 Å². The Kier molecular flexibility index (Phi) is 7.15. The molecule has 0 spiro atoms. The molecule has 112 valence electrons. The number of thiophene rings is 1. The Morgan fingerprint density at radius 3 is 2.95 bits per heavy atom. The van der Waals surface area contributed by atoms with E-state index in [1.165, 1.54) is 29.8 Å². The van der Waals surface area contributed by atoms with Crippen LogP contribution in [0, 0.1) is 11.8 Å². The highest BCUT2D eigenvalue weighted by molar-refractivity contribution is 7.87. The van der Waals surface area contributed by atoms with Crippen molar-refractivity contribution in [2.24, 2.45) is 5.73 Å². The maximum atomic E-state index is 11.9. The van der Waals surface area contributed by atoms with Gasteiger partial charge >= 0.3 is 0 Å². The van der Waals surface area contributed by atoms with Crippen LogP contribution in [0.5, 0.6) is 0 Å². The summed E-state index contributed by atoms with van der Waals surface area (Å²) in [5, 5.41) is 1.89. The molecule has 0 unspecified atom stereocenters. The smallest absolute Gasteiger partial charge is 0.279 e. The number of nitrogens with zero attached hydrogens (tertiary/aromatic N) is 1. The lowest BCUT2D eigenvalue weighted by Crippen LogP contribution is -2.39.